The molecule has 0 aliphatic heterocycles. The van der Waals surface area contributed by atoms with Crippen molar-refractivity contribution in [3.63, 3.8) is 0 Å². The summed E-state index contributed by atoms with van der Waals surface area (Å²) in [7, 11) is -2.26. The molecule has 0 saturated carbocycles. The van der Waals surface area contributed by atoms with Crippen LogP contribution < -0.4 is 10.6 Å². The summed E-state index contributed by atoms with van der Waals surface area (Å²) in [5.41, 5.74) is 4.97. The van der Waals surface area contributed by atoms with Gasteiger partial charge in [-0.3, -0.25) is 0 Å². The monoisotopic (exact) mass is 514 g/mol. The smallest absolute Gasteiger partial charge is 0.0755 e. The first kappa shape index (κ1) is 21.8. The lowest BCUT2D eigenvalue weighted by atomic mass is 10.1. The van der Waals surface area contributed by atoms with Crippen molar-refractivity contribution in [2.45, 2.75) is 32.0 Å². The summed E-state index contributed by atoms with van der Waals surface area (Å²) in [6.45, 7) is 7.47. The van der Waals surface area contributed by atoms with E-state index in [0.717, 1.165) is 6.42 Å². The van der Waals surface area contributed by atoms with Gasteiger partial charge in [0, 0.05) is 10.0 Å². The highest BCUT2D eigenvalue weighted by Gasteiger charge is 2.41. The lowest BCUT2D eigenvalue weighted by Crippen LogP contribution is -2.37. The van der Waals surface area contributed by atoms with Crippen LogP contribution >= 0.6 is 23.9 Å². The van der Waals surface area contributed by atoms with Crippen LogP contribution in [0.4, 0.5) is 0 Å². The molecule has 0 bridgehead atoms. The first-order valence-electron chi connectivity index (χ1n) is 11.2. The van der Waals surface area contributed by atoms with Crippen LogP contribution in [0, 0.1) is 0 Å². The molecule has 160 valence electrons. The molecular weight excluding hydrogens is 487 g/mol. The third kappa shape index (κ3) is 3.83. The average Bonchev–Trinajstić information content (AvgIpc) is 3.41. The lowest BCUT2D eigenvalue weighted by molar-refractivity contribution is 1.06. The van der Waals surface area contributed by atoms with E-state index in [1.54, 1.807) is 5.20 Å². The van der Waals surface area contributed by atoms with Crippen LogP contribution in [-0.4, -0.2) is 8.07 Å². The number of rotatable bonds is 5. The van der Waals surface area contributed by atoms with Crippen LogP contribution in [0.15, 0.2) is 112 Å². The third-order valence-corrected chi connectivity index (χ3v) is 14.3. The summed E-state index contributed by atoms with van der Waals surface area (Å²) < 4.78 is 1.22. The molecule has 2 aliphatic rings. The Morgan fingerprint density at radius 1 is 0.812 bits per heavy atom. The molecule has 1 unspecified atom stereocenters. The van der Waals surface area contributed by atoms with E-state index in [4.69, 9.17) is 0 Å². The Morgan fingerprint density at radius 3 is 2.06 bits per heavy atom. The van der Waals surface area contributed by atoms with Crippen molar-refractivity contribution in [2.24, 2.45) is 0 Å². The van der Waals surface area contributed by atoms with E-state index in [1.165, 1.54) is 37.1 Å². The zero-order chi connectivity index (χ0) is 22.3. The normalized spacial score (nSPS) is 17.8. The van der Waals surface area contributed by atoms with Crippen LogP contribution in [0.5, 0.6) is 0 Å². The van der Waals surface area contributed by atoms with Crippen molar-refractivity contribution < 1.29 is 0 Å². The van der Waals surface area contributed by atoms with Crippen molar-refractivity contribution in [1.29, 1.82) is 0 Å². The second-order valence-electron chi connectivity index (χ2n) is 9.29. The lowest BCUT2D eigenvalue weighted by Gasteiger charge is -2.33. The number of halogens is 1. The van der Waals surface area contributed by atoms with Gasteiger partial charge in [-0.15, -0.1) is 0 Å². The fraction of sp³-hybridized carbons (Fsp3) is 0.172. The van der Waals surface area contributed by atoms with Crippen LogP contribution in [0.2, 0.25) is 13.1 Å². The summed E-state index contributed by atoms with van der Waals surface area (Å²) in [4.78, 5) is 0. The van der Waals surface area contributed by atoms with Crippen LogP contribution in [0.3, 0.4) is 0 Å². The standard InChI is InChI=1S/C29H28BrPSi/c1-21-19-27-26(15-10-16-28(27)30)29(21)32(2,3)25-18-17-24(20-25)31(22-11-6-4-7-12-22)23-13-8-5-9-14-23/h4-17,19-20,29H,18H2,1-3H3. The molecule has 32 heavy (non-hydrogen) atoms. The van der Waals surface area contributed by atoms with Gasteiger partial charge in [0.25, 0.3) is 0 Å². The van der Waals surface area contributed by atoms with Crippen molar-refractivity contribution >= 4 is 48.6 Å². The zero-order valence-corrected chi connectivity index (χ0v) is 22.3. The molecule has 5 rings (SSSR count). The Morgan fingerprint density at radius 2 is 1.44 bits per heavy atom. The molecule has 0 aromatic heterocycles. The second kappa shape index (κ2) is 8.75. The van der Waals surface area contributed by atoms with Gasteiger partial charge in [-0.2, -0.15) is 0 Å². The fourth-order valence-electron chi connectivity index (χ4n) is 5.37. The number of fused-ring (bicyclic) bond motifs is 1. The van der Waals surface area contributed by atoms with E-state index in [1.807, 2.05) is 0 Å². The van der Waals surface area contributed by atoms with Gasteiger partial charge < -0.3 is 0 Å². The maximum atomic E-state index is 3.78. The molecule has 0 N–H and O–H groups in total. The van der Waals surface area contributed by atoms with Gasteiger partial charge >= 0.3 is 0 Å². The van der Waals surface area contributed by atoms with Gasteiger partial charge in [0.2, 0.25) is 0 Å². The topological polar surface area (TPSA) is 0 Å². The number of allylic oxidation sites excluding steroid dienone is 5. The van der Waals surface area contributed by atoms with Crippen molar-refractivity contribution in [3.05, 3.63) is 123 Å². The van der Waals surface area contributed by atoms with Crippen molar-refractivity contribution in [3.8, 4) is 0 Å². The van der Waals surface area contributed by atoms with Crippen molar-refractivity contribution in [2.75, 3.05) is 0 Å². The Kier molecular flexibility index (Phi) is 5.97. The highest BCUT2D eigenvalue weighted by Crippen LogP contribution is 2.52. The third-order valence-electron chi connectivity index (χ3n) is 6.91. The predicted molar refractivity (Wildman–Crippen MR) is 148 cm³/mol. The SMILES string of the molecule is CC1=Cc2c(Br)cccc2C1[Si](C)(C)C1=CC(P(c2ccccc2)c2ccccc2)=CC1. The van der Waals surface area contributed by atoms with Gasteiger partial charge in [-0.05, 0) is 54.4 Å². The van der Waals surface area contributed by atoms with Gasteiger partial charge in [-0.25, -0.2) is 0 Å². The Bertz CT molecular complexity index is 1200. The van der Waals surface area contributed by atoms with Gasteiger partial charge in [0.1, 0.15) is 0 Å². The summed E-state index contributed by atoms with van der Waals surface area (Å²) in [6, 6.07) is 28.8. The summed E-state index contributed by atoms with van der Waals surface area (Å²) in [6.07, 6.45) is 8.61. The average molecular weight is 516 g/mol. The molecule has 3 heteroatoms. The van der Waals surface area contributed by atoms with Gasteiger partial charge in [0.05, 0.1) is 8.07 Å². The Hall–Kier alpha value is -1.99. The predicted octanol–water partition coefficient (Wildman–Crippen LogP) is 8.08. The molecule has 1 atom stereocenters. The number of hydrogen-bond acceptors (Lipinski definition) is 0. The van der Waals surface area contributed by atoms with Crippen molar-refractivity contribution in [1.82, 2.24) is 0 Å². The van der Waals surface area contributed by atoms with E-state index < -0.39 is 16.0 Å². The summed E-state index contributed by atoms with van der Waals surface area (Å²) >= 11 is 3.78. The van der Waals surface area contributed by atoms with E-state index in [2.05, 4.69) is 133 Å². The zero-order valence-electron chi connectivity index (χ0n) is 18.8. The number of hydrogen-bond donors (Lipinski definition) is 0. The molecule has 0 amide bonds. The molecule has 0 radical (unpaired) electrons. The largest absolute Gasteiger partial charge is 0.0876 e. The molecule has 3 aromatic carbocycles. The maximum Gasteiger partial charge on any atom is 0.0876 e. The van der Waals surface area contributed by atoms with Gasteiger partial charge in [0.15, 0.2) is 0 Å². The molecule has 0 fully saturated rings. The molecule has 0 saturated heterocycles. The van der Waals surface area contributed by atoms with E-state index >= 15 is 0 Å². The van der Waals surface area contributed by atoms with E-state index in [0.29, 0.717) is 5.54 Å². The highest BCUT2D eigenvalue weighted by molar-refractivity contribution is 9.10. The van der Waals surface area contributed by atoms with Crippen LogP contribution in [0.25, 0.3) is 6.08 Å². The Labute approximate surface area is 202 Å². The first-order valence-corrected chi connectivity index (χ1v) is 16.5. The molecule has 2 aliphatic carbocycles. The quantitative estimate of drug-likeness (QED) is 0.238. The Balaban J connectivity index is 1.53. The molecule has 3 aromatic rings. The minimum absolute atomic E-state index is 0.522. The molecule has 0 spiro atoms. The summed E-state index contributed by atoms with van der Waals surface area (Å²) in [5.74, 6) is 0. The van der Waals surface area contributed by atoms with Crippen LogP contribution in [-0.2, 0) is 0 Å². The fourth-order valence-corrected chi connectivity index (χ4v) is 12.2. The first-order chi connectivity index (χ1) is 15.5. The second-order valence-corrected chi connectivity index (χ2v) is 17.0. The summed E-state index contributed by atoms with van der Waals surface area (Å²) in [5, 5.41) is 6.06. The van der Waals surface area contributed by atoms with Crippen LogP contribution in [0.1, 0.15) is 30.0 Å². The highest BCUT2D eigenvalue weighted by atomic mass is 79.9. The number of benzene rings is 3. The minimum Gasteiger partial charge on any atom is -0.0755 e. The minimum atomic E-state index is -1.73. The maximum absolute atomic E-state index is 3.78. The molecule has 0 nitrogen and oxygen atoms in total. The van der Waals surface area contributed by atoms with E-state index in [9.17, 15) is 0 Å². The van der Waals surface area contributed by atoms with Gasteiger partial charge in [-0.1, -0.05) is 131 Å². The van der Waals surface area contributed by atoms with E-state index in [-0.39, 0.29) is 0 Å². The molecular formula is C29H28BrPSi. The molecule has 0 heterocycles.